The fourth-order valence-electron chi connectivity index (χ4n) is 9.02. The Morgan fingerprint density at radius 1 is 0.828 bits per heavy atom. The van der Waals surface area contributed by atoms with Crippen molar-refractivity contribution >= 4 is 46.6 Å². The molecule has 4 aliphatic heterocycles. The summed E-state index contributed by atoms with van der Waals surface area (Å²) in [6.45, 7) is 4.22. The summed E-state index contributed by atoms with van der Waals surface area (Å²) >= 11 is 0. The molecule has 308 valence electrons. The van der Waals surface area contributed by atoms with Gasteiger partial charge in [-0.25, -0.2) is 18.7 Å². The molecule has 4 saturated heterocycles. The summed E-state index contributed by atoms with van der Waals surface area (Å²) in [6.07, 6.45) is 8.48. The van der Waals surface area contributed by atoms with Crippen LogP contribution >= 0.6 is 0 Å². The van der Waals surface area contributed by atoms with E-state index >= 15 is 4.39 Å². The maximum atomic E-state index is 15.2. The Labute approximate surface area is 336 Å². The predicted octanol–water partition coefficient (Wildman–Crippen LogP) is 4.22. The van der Waals surface area contributed by atoms with E-state index in [4.69, 9.17) is 4.74 Å². The van der Waals surface area contributed by atoms with Crippen LogP contribution < -0.4 is 31.1 Å². The molecule has 5 fully saturated rings. The van der Waals surface area contributed by atoms with E-state index in [0.717, 1.165) is 77.5 Å². The number of aromatic nitrogens is 2. The number of benzene rings is 2. The third-order valence-corrected chi connectivity index (χ3v) is 12.3. The van der Waals surface area contributed by atoms with Gasteiger partial charge in [-0.1, -0.05) is 12.1 Å². The predicted molar refractivity (Wildman–Crippen MR) is 214 cm³/mol. The Morgan fingerprint density at radius 3 is 2.36 bits per heavy atom. The number of piperidine rings is 3. The van der Waals surface area contributed by atoms with E-state index in [1.165, 1.54) is 12.3 Å². The van der Waals surface area contributed by atoms with E-state index in [0.29, 0.717) is 54.2 Å². The van der Waals surface area contributed by atoms with Crippen LogP contribution in [0.2, 0.25) is 0 Å². The Hall–Kier alpha value is -5.22. The first-order chi connectivity index (χ1) is 28.2. The van der Waals surface area contributed by atoms with Crippen LogP contribution in [0.3, 0.4) is 0 Å². The van der Waals surface area contributed by atoms with Crippen LogP contribution in [0, 0.1) is 17.6 Å². The molecule has 0 radical (unpaired) electrons. The number of hydrogen-bond donors (Lipinski definition) is 4. The molecule has 16 heteroatoms. The Morgan fingerprint density at radius 2 is 1.62 bits per heavy atom. The number of likely N-dealkylation sites (tertiary alicyclic amines) is 1. The fourth-order valence-corrected chi connectivity index (χ4v) is 9.02. The summed E-state index contributed by atoms with van der Waals surface area (Å²) in [6, 6.07) is 12.2. The minimum Gasteiger partial charge on any atom is -0.374 e. The lowest BCUT2D eigenvalue weighted by atomic mass is 9.85. The van der Waals surface area contributed by atoms with Crippen molar-refractivity contribution in [3.63, 3.8) is 0 Å². The summed E-state index contributed by atoms with van der Waals surface area (Å²) in [5, 5.41) is 12.1. The maximum absolute atomic E-state index is 15.2. The van der Waals surface area contributed by atoms with Crippen molar-refractivity contribution in [2.75, 3.05) is 66.4 Å². The molecular formula is C42H51F2N9O5. The lowest BCUT2D eigenvalue weighted by molar-refractivity contribution is -0.133. The molecule has 1 unspecified atom stereocenters. The summed E-state index contributed by atoms with van der Waals surface area (Å²) in [5.74, 6) is -1.31. The van der Waals surface area contributed by atoms with Crippen LogP contribution in [0.25, 0.3) is 11.3 Å². The van der Waals surface area contributed by atoms with Crippen LogP contribution in [-0.4, -0.2) is 109 Å². The van der Waals surface area contributed by atoms with Crippen LogP contribution in [0.4, 0.5) is 31.8 Å². The number of ether oxygens (including phenoxy) is 1. The first-order valence-electron chi connectivity index (χ1n) is 20.6. The molecule has 58 heavy (non-hydrogen) atoms. The van der Waals surface area contributed by atoms with Gasteiger partial charge in [-0.3, -0.25) is 24.5 Å². The number of hydrogen-bond acceptors (Lipinski definition) is 11. The average molecular weight is 800 g/mol. The first-order valence-corrected chi connectivity index (χ1v) is 20.6. The normalized spacial score (nSPS) is 24.0. The van der Waals surface area contributed by atoms with Gasteiger partial charge >= 0.3 is 0 Å². The largest absolute Gasteiger partial charge is 0.374 e. The molecule has 5 aliphatic rings. The zero-order valence-corrected chi connectivity index (χ0v) is 32.6. The highest BCUT2D eigenvalue weighted by Gasteiger charge is 2.33. The van der Waals surface area contributed by atoms with Crippen molar-refractivity contribution < 1.29 is 32.7 Å². The second-order valence-corrected chi connectivity index (χ2v) is 16.1. The smallest absolute Gasteiger partial charge is 0.253 e. The van der Waals surface area contributed by atoms with Gasteiger partial charge in [-0.2, -0.15) is 0 Å². The number of rotatable bonds is 10. The number of halogens is 2. The summed E-state index contributed by atoms with van der Waals surface area (Å²) in [4.78, 5) is 64.2. The van der Waals surface area contributed by atoms with Crippen LogP contribution in [0.15, 0.2) is 48.7 Å². The Kier molecular flexibility index (Phi) is 12.1. The number of nitrogens with zero attached hydrogens (tertiary/aromatic N) is 5. The topological polar surface area (TPSA) is 161 Å². The van der Waals surface area contributed by atoms with E-state index in [2.05, 4.69) is 41.0 Å². The highest BCUT2D eigenvalue weighted by Crippen LogP contribution is 2.32. The number of morpholine rings is 1. The standard InChI is InChI=1S/C42H51F2N9O5/c43-33-23-30(46-35-9-11-37(54)49-41(35)57)8-10-36(33)52-18-14-31(15-19-52)51-16-12-29(13-17-51)47-40(56)26-4-6-28(7-5-26)48-42-45-24-34(44)39(50-42)27-2-1-3-32(22-27)53-20-21-58-25-38(53)55/h1-3,8,10,22-24,26,28-29,31,35,46H,4-7,9,11-21,25H2,(H,47,56)(H,45,48,50)(H,49,54,57)/t26-,28-,35?. The van der Waals surface area contributed by atoms with Gasteiger partial charge < -0.3 is 35.4 Å². The van der Waals surface area contributed by atoms with Gasteiger partial charge in [-0.15, -0.1) is 0 Å². The highest BCUT2D eigenvalue weighted by atomic mass is 19.1. The summed E-state index contributed by atoms with van der Waals surface area (Å²) in [7, 11) is 0. The minimum absolute atomic E-state index is 0.0204. The number of nitrogens with one attached hydrogen (secondary N) is 4. The van der Waals surface area contributed by atoms with Gasteiger partial charge in [0.05, 0.1) is 18.5 Å². The molecule has 14 nitrogen and oxygen atoms in total. The van der Waals surface area contributed by atoms with Crippen molar-refractivity contribution in [2.45, 2.75) is 88.4 Å². The number of carbonyl (C=O) groups is 4. The van der Waals surface area contributed by atoms with Gasteiger partial charge in [0.15, 0.2) is 5.82 Å². The number of anilines is 4. The molecule has 8 rings (SSSR count). The Bertz CT molecular complexity index is 2000. The number of carbonyl (C=O) groups excluding carboxylic acids is 4. The van der Waals surface area contributed by atoms with Crippen molar-refractivity contribution in [1.29, 1.82) is 0 Å². The molecule has 4 N–H and O–H groups in total. The van der Waals surface area contributed by atoms with Crippen molar-refractivity contribution in [2.24, 2.45) is 5.92 Å². The molecular weight excluding hydrogens is 749 g/mol. The molecule has 1 aliphatic carbocycles. The third-order valence-electron chi connectivity index (χ3n) is 12.3. The molecule has 0 spiro atoms. The van der Waals surface area contributed by atoms with E-state index in [9.17, 15) is 23.6 Å². The quantitative estimate of drug-likeness (QED) is 0.218. The number of amides is 4. The zero-order chi connectivity index (χ0) is 40.2. The molecule has 3 aromatic rings. The molecule has 1 atom stereocenters. The summed E-state index contributed by atoms with van der Waals surface area (Å²) < 4.78 is 35.4. The fraction of sp³-hybridized carbons (Fsp3) is 0.524. The molecule has 1 saturated carbocycles. The van der Waals surface area contributed by atoms with Crippen molar-refractivity contribution in [1.82, 2.24) is 25.5 Å². The minimum atomic E-state index is -0.561. The Balaban J connectivity index is 0.754. The van der Waals surface area contributed by atoms with Crippen molar-refractivity contribution in [3.05, 3.63) is 60.3 Å². The molecule has 5 heterocycles. The molecule has 2 aromatic carbocycles. The van der Waals surface area contributed by atoms with Crippen LogP contribution in [-0.2, 0) is 23.9 Å². The van der Waals surface area contributed by atoms with Gasteiger partial charge in [0.2, 0.25) is 23.7 Å². The van der Waals surface area contributed by atoms with Gasteiger partial charge in [0.25, 0.3) is 5.91 Å². The molecule has 0 bridgehead atoms. The second kappa shape index (κ2) is 17.7. The lowest BCUT2D eigenvalue weighted by Crippen LogP contribution is -2.52. The second-order valence-electron chi connectivity index (χ2n) is 16.1. The van der Waals surface area contributed by atoms with Crippen LogP contribution in [0.1, 0.15) is 64.2 Å². The number of imide groups is 1. The summed E-state index contributed by atoms with van der Waals surface area (Å²) in [5.41, 5.74) is 2.44. The monoisotopic (exact) mass is 799 g/mol. The first kappa shape index (κ1) is 39.6. The van der Waals surface area contributed by atoms with E-state index in [1.807, 2.05) is 6.07 Å². The zero-order valence-electron chi connectivity index (χ0n) is 32.6. The van der Waals surface area contributed by atoms with Gasteiger partial charge in [-0.05, 0) is 88.1 Å². The lowest BCUT2D eigenvalue weighted by Gasteiger charge is -2.42. The van der Waals surface area contributed by atoms with E-state index in [1.54, 1.807) is 35.2 Å². The highest BCUT2D eigenvalue weighted by molar-refractivity contribution is 6.01. The third kappa shape index (κ3) is 9.23. The van der Waals surface area contributed by atoms with Crippen molar-refractivity contribution in [3.8, 4) is 11.3 Å². The molecule has 4 amide bonds. The van der Waals surface area contributed by atoms with E-state index in [-0.39, 0.29) is 66.2 Å². The van der Waals surface area contributed by atoms with Crippen LogP contribution in [0.5, 0.6) is 0 Å². The SMILES string of the molecule is O=C1CCC(Nc2ccc(N3CCC(N4CCC(NC(=O)[C@H]5CC[C@H](Nc6ncc(F)c(-c7cccc(N8CCOCC8=O)c7)n6)CC5)CC4)CC3)c(F)c2)C(=O)N1. The molecule has 1 aromatic heterocycles. The van der Waals surface area contributed by atoms with E-state index < -0.39 is 11.9 Å². The van der Waals surface area contributed by atoms with Gasteiger partial charge in [0, 0.05) is 80.1 Å². The maximum Gasteiger partial charge on any atom is 0.253 e. The average Bonchev–Trinajstić information content (AvgIpc) is 3.23. The van der Waals surface area contributed by atoms with Gasteiger partial charge in [0.1, 0.15) is 24.2 Å².